The van der Waals surface area contributed by atoms with E-state index in [0.29, 0.717) is 0 Å². The number of hydrogen-bond donors (Lipinski definition) is 1. The molecule has 2 rings (SSSR count). The van der Waals surface area contributed by atoms with E-state index in [0.717, 1.165) is 32.6 Å². The van der Waals surface area contributed by atoms with Crippen molar-refractivity contribution in [3.8, 4) is 0 Å². The number of hydrogen-bond acceptors (Lipinski definition) is 3. The first kappa shape index (κ1) is 16.5. The highest BCUT2D eigenvalue weighted by molar-refractivity contribution is 5.30. The fourth-order valence-electron chi connectivity index (χ4n) is 3.24. The number of likely N-dealkylation sites (N-methyl/N-ethyl adjacent to an activating group) is 1. The Hall–Kier alpha value is -0.900. The Bertz CT molecular complexity index is 461. The lowest BCUT2D eigenvalue weighted by Crippen LogP contribution is -2.57. The van der Waals surface area contributed by atoms with Gasteiger partial charge in [0.25, 0.3) is 0 Å². The van der Waals surface area contributed by atoms with Crippen molar-refractivity contribution in [3.05, 3.63) is 34.9 Å². The lowest BCUT2D eigenvalue weighted by atomic mass is 9.97. The molecule has 0 saturated carbocycles. The minimum absolute atomic E-state index is 0.145. The van der Waals surface area contributed by atoms with Crippen molar-refractivity contribution >= 4 is 0 Å². The molecule has 1 heterocycles. The lowest BCUT2D eigenvalue weighted by molar-refractivity contribution is 0.0387. The summed E-state index contributed by atoms with van der Waals surface area (Å²) in [6.45, 7) is 13.4. The molecular weight excluding hydrogens is 258 g/mol. The van der Waals surface area contributed by atoms with Crippen molar-refractivity contribution < 1.29 is 0 Å². The molecular formula is C18H31N3. The van der Waals surface area contributed by atoms with E-state index in [1.165, 1.54) is 16.7 Å². The highest BCUT2D eigenvalue weighted by Crippen LogP contribution is 2.22. The van der Waals surface area contributed by atoms with Crippen molar-refractivity contribution in [2.45, 2.75) is 45.7 Å². The zero-order chi connectivity index (χ0) is 15.6. The highest BCUT2D eigenvalue weighted by Gasteiger charge is 2.30. The van der Waals surface area contributed by atoms with Gasteiger partial charge < -0.3 is 10.6 Å². The molecule has 118 valence electrons. The normalized spacial score (nSPS) is 21.4. The van der Waals surface area contributed by atoms with Crippen LogP contribution in [0.4, 0.5) is 0 Å². The Morgan fingerprint density at radius 3 is 2.33 bits per heavy atom. The molecule has 1 aliphatic rings. The molecule has 1 aromatic rings. The Morgan fingerprint density at radius 1 is 1.14 bits per heavy atom. The number of rotatable bonds is 4. The third-order valence-electron chi connectivity index (χ3n) is 4.82. The van der Waals surface area contributed by atoms with Crippen molar-refractivity contribution in [2.75, 3.05) is 33.2 Å². The predicted octanol–water partition coefficient (Wildman–Crippen LogP) is 2.72. The van der Waals surface area contributed by atoms with E-state index in [9.17, 15) is 0 Å². The van der Waals surface area contributed by atoms with Crippen LogP contribution < -0.4 is 5.73 Å². The molecule has 2 N–H and O–H groups in total. The quantitative estimate of drug-likeness (QED) is 0.925. The molecule has 1 unspecified atom stereocenters. The van der Waals surface area contributed by atoms with Crippen LogP contribution in [0.5, 0.6) is 0 Å². The number of nitrogens with zero attached hydrogens (tertiary/aromatic N) is 2. The first-order valence-corrected chi connectivity index (χ1v) is 8.05. The standard InChI is InChI=1S/C18H31N3/c1-14-10-15(2)12-16(11-14)17(19)6-7-21-9-8-20(5)18(3,4)13-21/h10-12,17H,6-9,13,19H2,1-5H3. The van der Waals surface area contributed by atoms with Gasteiger partial charge in [0.2, 0.25) is 0 Å². The van der Waals surface area contributed by atoms with Crippen LogP contribution in [-0.4, -0.2) is 48.6 Å². The van der Waals surface area contributed by atoms with Gasteiger partial charge >= 0.3 is 0 Å². The van der Waals surface area contributed by atoms with Crippen LogP contribution in [-0.2, 0) is 0 Å². The summed E-state index contributed by atoms with van der Waals surface area (Å²) in [4.78, 5) is 5.01. The molecule has 3 nitrogen and oxygen atoms in total. The molecule has 21 heavy (non-hydrogen) atoms. The molecule has 0 radical (unpaired) electrons. The van der Waals surface area contributed by atoms with Gasteiger partial charge in [-0.3, -0.25) is 4.90 Å². The lowest BCUT2D eigenvalue weighted by Gasteiger charge is -2.45. The first-order valence-electron chi connectivity index (χ1n) is 8.05. The smallest absolute Gasteiger partial charge is 0.0307 e. The minimum Gasteiger partial charge on any atom is -0.324 e. The molecule has 1 saturated heterocycles. The van der Waals surface area contributed by atoms with Gasteiger partial charge in [0.05, 0.1) is 0 Å². The van der Waals surface area contributed by atoms with Gasteiger partial charge in [-0.15, -0.1) is 0 Å². The second-order valence-electron chi connectivity index (χ2n) is 7.33. The zero-order valence-corrected chi connectivity index (χ0v) is 14.3. The highest BCUT2D eigenvalue weighted by atomic mass is 15.3. The summed E-state index contributed by atoms with van der Waals surface area (Å²) in [5.41, 5.74) is 10.6. The maximum absolute atomic E-state index is 6.41. The van der Waals surface area contributed by atoms with Gasteiger partial charge in [-0.1, -0.05) is 29.3 Å². The number of aryl methyl sites for hydroxylation is 2. The summed E-state index contributed by atoms with van der Waals surface area (Å²) in [5, 5.41) is 0. The fourth-order valence-corrected chi connectivity index (χ4v) is 3.24. The average molecular weight is 289 g/mol. The molecule has 0 aliphatic carbocycles. The number of nitrogens with two attached hydrogens (primary N) is 1. The van der Waals surface area contributed by atoms with Crippen molar-refractivity contribution in [1.29, 1.82) is 0 Å². The van der Waals surface area contributed by atoms with E-state index in [4.69, 9.17) is 5.73 Å². The Morgan fingerprint density at radius 2 is 1.76 bits per heavy atom. The SMILES string of the molecule is Cc1cc(C)cc(C(N)CCN2CCN(C)C(C)(C)C2)c1. The van der Waals surface area contributed by atoms with Gasteiger partial charge in [-0.2, -0.15) is 0 Å². The van der Waals surface area contributed by atoms with E-state index in [1.54, 1.807) is 0 Å². The van der Waals surface area contributed by atoms with E-state index < -0.39 is 0 Å². The molecule has 0 bridgehead atoms. The molecule has 1 atom stereocenters. The summed E-state index contributed by atoms with van der Waals surface area (Å²) in [7, 11) is 2.22. The summed E-state index contributed by atoms with van der Waals surface area (Å²) in [6, 6.07) is 6.81. The van der Waals surface area contributed by atoms with Crippen LogP contribution >= 0.6 is 0 Å². The second kappa shape index (κ2) is 6.47. The van der Waals surface area contributed by atoms with Crippen LogP contribution in [0.2, 0.25) is 0 Å². The molecule has 1 aliphatic heterocycles. The molecule has 0 aromatic heterocycles. The van der Waals surface area contributed by atoms with Crippen molar-refractivity contribution in [3.63, 3.8) is 0 Å². The third kappa shape index (κ3) is 4.29. The Kier molecular flexibility index (Phi) is 5.07. The minimum atomic E-state index is 0.145. The van der Waals surface area contributed by atoms with Gasteiger partial charge in [0.1, 0.15) is 0 Å². The number of piperazine rings is 1. The van der Waals surface area contributed by atoms with E-state index >= 15 is 0 Å². The zero-order valence-electron chi connectivity index (χ0n) is 14.3. The van der Waals surface area contributed by atoms with E-state index in [2.05, 4.69) is 62.7 Å². The third-order valence-corrected chi connectivity index (χ3v) is 4.82. The van der Waals surface area contributed by atoms with E-state index in [1.807, 2.05) is 0 Å². The predicted molar refractivity (Wildman–Crippen MR) is 90.6 cm³/mol. The van der Waals surface area contributed by atoms with Crippen molar-refractivity contribution in [1.82, 2.24) is 9.80 Å². The van der Waals surface area contributed by atoms with Gasteiger partial charge in [0.15, 0.2) is 0 Å². The summed E-state index contributed by atoms with van der Waals surface area (Å²) >= 11 is 0. The second-order valence-corrected chi connectivity index (χ2v) is 7.33. The van der Waals surface area contributed by atoms with Gasteiger partial charge in [-0.25, -0.2) is 0 Å². The molecule has 3 heteroatoms. The van der Waals surface area contributed by atoms with Gasteiger partial charge in [0, 0.05) is 37.8 Å². The average Bonchev–Trinajstić information content (AvgIpc) is 2.38. The van der Waals surface area contributed by atoms with E-state index in [-0.39, 0.29) is 11.6 Å². The summed E-state index contributed by atoms with van der Waals surface area (Å²) < 4.78 is 0. The molecule has 0 amide bonds. The topological polar surface area (TPSA) is 32.5 Å². The van der Waals surface area contributed by atoms with Crippen LogP contribution in [0.1, 0.15) is 43.0 Å². The summed E-state index contributed by atoms with van der Waals surface area (Å²) in [5.74, 6) is 0. The molecule has 1 fully saturated rings. The summed E-state index contributed by atoms with van der Waals surface area (Å²) in [6.07, 6.45) is 1.03. The first-order chi connectivity index (χ1) is 9.78. The molecule has 0 spiro atoms. The Balaban J connectivity index is 1.91. The van der Waals surface area contributed by atoms with Crippen molar-refractivity contribution in [2.24, 2.45) is 5.73 Å². The number of benzene rings is 1. The van der Waals surface area contributed by atoms with Crippen LogP contribution in [0.15, 0.2) is 18.2 Å². The van der Waals surface area contributed by atoms with Crippen LogP contribution in [0.25, 0.3) is 0 Å². The maximum Gasteiger partial charge on any atom is 0.0307 e. The van der Waals surface area contributed by atoms with Crippen LogP contribution in [0.3, 0.4) is 0 Å². The maximum atomic E-state index is 6.41. The largest absolute Gasteiger partial charge is 0.324 e. The fraction of sp³-hybridized carbons (Fsp3) is 0.667. The Labute approximate surface area is 130 Å². The van der Waals surface area contributed by atoms with Crippen LogP contribution in [0, 0.1) is 13.8 Å². The molecule has 1 aromatic carbocycles. The monoisotopic (exact) mass is 289 g/mol. The van der Waals surface area contributed by atoms with Gasteiger partial charge in [-0.05, 0) is 46.7 Å².